The number of rotatable bonds is 7. The van der Waals surface area contributed by atoms with Gasteiger partial charge in [-0.1, -0.05) is 0 Å². The Hall–Kier alpha value is -2.70. The Morgan fingerprint density at radius 2 is 2.10 bits per heavy atom. The molecule has 9 nitrogen and oxygen atoms in total. The van der Waals surface area contributed by atoms with Crippen molar-refractivity contribution < 1.29 is 0 Å². The lowest BCUT2D eigenvalue weighted by atomic mass is 9.83. The number of piperazine rings is 1. The van der Waals surface area contributed by atoms with Crippen molar-refractivity contribution in [1.29, 1.82) is 5.26 Å². The van der Waals surface area contributed by atoms with Gasteiger partial charge < -0.3 is 20.9 Å². The number of nitrogens with one attached hydrogen (secondary N) is 1. The maximum absolute atomic E-state index is 9.51. The van der Waals surface area contributed by atoms with Gasteiger partial charge in [-0.3, -0.25) is 9.89 Å². The number of likely N-dealkylation sites (N-methyl/N-ethyl adjacent to an activating group) is 1. The van der Waals surface area contributed by atoms with Crippen molar-refractivity contribution in [2.45, 2.75) is 30.7 Å². The largest absolute Gasteiger partial charge is 0.403 e. The summed E-state index contributed by atoms with van der Waals surface area (Å²) < 4.78 is 0. The fourth-order valence-electron chi connectivity index (χ4n) is 4.43. The molecule has 3 fully saturated rings. The molecule has 1 aromatic rings. The molecular weight excluding hydrogens is 378 g/mol. The lowest BCUT2D eigenvalue weighted by Crippen LogP contribution is -2.72. The minimum absolute atomic E-state index is 0.0768. The number of nitriles is 1. The topological polar surface area (TPSA) is 110 Å². The third-order valence-corrected chi connectivity index (χ3v) is 6.37. The van der Waals surface area contributed by atoms with Crippen molar-refractivity contribution >= 4 is 18.0 Å². The molecule has 2 saturated heterocycles. The number of nitrogens with zero attached hydrogens (tertiary/aromatic N) is 7. The molecule has 3 heterocycles. The first-order valence-corrected chi connectivity index (χ1v) is 10.6. The van der Waals surface area contributed by atoms with E-state index in [1.165, 1.54) is 24.6 Å². The zero-order valence-corrected chi connectivity index (χ0v) is 17.9. The maximum Gasteiger partial charge on any atom is 0.229 e. The smallest absolute Gasteiger partial charge is 0.229 e. The van der Waals surface area contributed by atoms with Gasteiger partial charge in [0.15, 0.2) is 0 Å². The third-order valence-electron chi connectivity index (χ3n) is 6.37. The fraction of sp³-hybridized carbons (Fsp3) is 0.619. The van der Waals surface area contributed by atoms with Crippen LogP contribution in [0, 0.1) is 11.3 Å². The molecule has 0 radical (unpaired) electrons. The van der Waals surface area contributed by atoms with Gasteiger partial charge in [0.2, 0.25) is 5.95 Å². The quantitative estimate of drug-likeness (QED) is 0.642. The fourth-order valence-corrected chi connectivity index (χ4v) is 4.43. The summed E-state index contributed by atoms with van der Waals surface area (Å²) >= 11 is 0. The van der Waals surface area contributed by atoms with Gasteiger partial charge in [0, 0.05) is 70.5 Å². The Labute approximate surface area is 178 Å². The standard InChI is InChI=1S/C21H31N9/c1-24-12-17(11-23)26-20-25-13-18(16-3-4-16)19(27-20)29-14-21(15-29,5-6-22)30-9-7-28(2)8-10-30/h11-13,16H,3-5,7-10,14-15,23H2,1-2H3,(H,25,26,27)/b17-11+,24-12?. The van der Waals surface area contributed by atoms with Gasteiger partial charge in [-0.15, -0.1) is 0 Å². The van der Waals surface area contributed by atoms with Gasteiger partial charge in [0.1, 0.15) is 5.82 Å². The van der Waals surface area contributed by atoms with Gasteiger partial charge in [-0.2, -0.15) is 10.2 Å². The summed E-state index contributed by atoms with van der Waals surface area (Å²) in [5.41, 5.74) is 7.46. The van der Waals surface area contributed by atoms with Crippen LogP contribution in [0.15, 0.2) is 23.1 Å². The minimum atomic E-state index is -0.0768. The number of hydrogen-bond donors (Lipinski definition) is 2. The molecule has 3 aliphatic rings. The zero-order chi connectivity index (χ0) is 21.1. The first-order chi connectivity index (χ1) is 14.6. The van der Waals surface area contributed by atoms with Crippen LogP contribution in [0.25, 0.3) is 0 Å². The maximum atomic E-state index is 9.51. The highest BCUT2D eigenvalue weighted by Crippen LogP contribution is 2.46. The van der Waals surface area contributed by atoms with E-state index in [1.807, 2.05) is 6.20 Å². The lowest BCUT2D eigenvalue weighted by Gasteiger charge is -2.57. The number of aromatic nitrogens is 2. The van der Waals surface area contributed by atoms with Crippen molar-refractivity contribution in [3.05, 3.63) is 23.7 Å². The molecule has 1 saturated carbocycles. The summed E-state index contributed by atoms with van der Waals surface area (Å²) in [6.45, 7) is 5.79. The molecule has 3 N–H and O–H groups in total. The van der Waals surface area contributed by atoms with Crippen LogP contribution in [0.2, 0.25) is 0 Å². The summed E-state index contributed by atoms with van der Waals surface area (Å²) in [7, 11) is 3.85. The summed E-state index contributed by atoms with van der Waals surface area (Å²) in [6, 6.07) is 2.44. The molecule has 1 aromatic heterocycles. The summed E-state index contributed by atoms with van der Waals surface area (Å²) in [4.78, 5) is 20.5. The minimum Gasteiger partial charge on any atom is -0.403 e. The summed E-state index contributed by atoms with van der Waals surface area (Å²) in [5, 5.41) is 12.7. The van der Waals surface area contributed by atoms with E-state index >= 15 is 0 Å². The number of aliphatic imine (C=N–C) groups is 1. The lowest BCUT2D eigenvalue weighted by molar-refractivity contribution is 0.0218. The number of nitrogens with two attached hydrogens (primary N) is 1. The van der Waals surface area contributed by atoms with Crippen molar-refractivity contribution in [1.82, 2.24) is 19.8 Å². The molecule has 0 aromatic carbocycles. The Bertz CT molecular complexity index is 854. The molecule has 1 aliphatic carbocycles. The highest BCUT2D eigenvalue weighted by atomic mass is 15.4. The van der Waals surface area contributed by atoms with Gasteiger partial charge >= 0.3 is 0 Å². The monoisotopic (exact) mass is 409 g/mol. The molecule has 0 atom stereocenters. The van der Waals surface area contributed by atoms with Crippen LogP contribution in [0.4, 0.5) is 11.8 Å². The first-order valence-electron chi connectivity index (χ1n) is 10.6. The molecule has 30 heavy (non-hydrogen) atoms. The average molecular weight is 410 g/mol. The molecule has 9 heteroatoms. The third kappa shape index (κ3) is 4.11. The molecule has 0 amide bonds. The van der Waals surface area contributed by atoms with Crippen LogP contribution in [0.1, 0.15) is 30.7 Å². The van der Waals surface area contributed by atoms with E-state index in [4.69, 9.17) is 10.7 Å². The van der Waals surface area contributed by atoms with Gasteiger partial charge in [0.25, 0.3) is 0 Å². The number of allylic oxidation sites excluding steroid dienone is 1. The van der Waals surface area contributed by atoms with E-state index in [0.717, 1.165) is 45.1 Å². The molecule has 0 spiro atoms. The van der Waals surface area contributed by atoms with E-state index in [1.54, 1.807) is 13.3 Å². The second-order valence-electron chi connectivity index (χ2n) is 8.59. The van der Waals surface area contributed by atoms with E-state index < -0.39 is 0 Å². The van der Waals surface area contributed by atoms with Crippen molar-refractivity contribution in [2.24, 2.45) is 10.7 Å². The Morgan fingerprint density at radius 1 is 1.37 bits per heavy atom. The van der Waals surface area contributed by atoms with Crippen molar-refractivity contribution in [3.8, 4) is 6.07 Å². The van der Waals surface area contributed by atoms with E-state index in [2.05, 4.69) is 43.1 Å². The Balaban J connectivity index is 1.54. The Kier molecular flexibility index (Phi) is 5.88. The normalized spacial score (nSPS) is 22.7. The van der Waals surface area contributed by atoms with E-state index in [0.29, 0.717) is 24.0 Å². The second-order valence-corrected chi connectivity index (χ2v) is 8.59. The SMILES string of the molecule is CN=C/C(=C\N)Nc1ncc(C2CC2)c(N2CC(CC#N)(N3CCN(C)CC3)C2)n1. The predicted octanol–water partition coefficient (Wildman–Crippen LogP) is 0.986. The highest BCUT2D eigenvalue weighted by Gasteiger charge is 2.49. The highest BCUT2D eigenvalue weighted by molar-refractivity contribution is 5.82. The zero-order valence-electron chi connectivity index (χ0n) is 17.9. The van der Waals surface area contributed by atoms with E-state index in [9.17, 15) is 5.26 Å². The molecule has 4 rings (SSSR count). The average Bonchev–Trinajstić information content (AvgIpc) is 3.56. The molecule has 0 unspecified atom stereocenters. The second kappa shape index (κ2) is 8.58. The van der Waals surface area contributed by atoms with Crippen LogP contribution in [-0.4, -0.2) is 84.9 Å². The van der Waals surface area contributed by atoms with Gasteiger partial charge in [-0.05, 0) is 25.8 Å². The van der Waals surface area contributed by atoms with Gasteiger partial charge in [-0.25, -0.2) is 4.98 Å². The predicted molar refractivity (Wildman–Crippen MR) is 119 cm³/mol. The van der Waals surface area contributed by atoms with Crippen molar-refractivity contribution in [2.75, 3.05) is 63.6 Å². The first kappa shape index (κ1) is 20.6. The molecule has 2 aliphatic heterocycles. The molecular formula is C21H31N9. The van der Waals surface area contributed by atoms with E-state index in [-0.39, 0.29) is 5.54 Å². The van der Waals surface area contributed by atoms with Crippen LogP contribution >= 0.6 is 0 Å². The van der Waals surface area contributed by atoms with Crippen LogP contribution < -0.4 is 16.0 Å². The molecule has 0 bridgehead atoms. The van der Waals surface area contributed by atoms with Crippen LogP contribution in [-0.2, 0) is 0 Å². The van der Waals surface area contributed by atoms with Crippen LogP contribution in [0.3, 0.4) is 0 Å². The summed E-state index contributed by atoms with van der Waals surface area (Å²) in [5.74, 6) is 2.05. The van der Waals surface area contributed by atoms with Crippen LogP contribution in [0.5, 0.6) is 0 Å². The number of anilines is 2. The van der Waals surface area contributed by atoms with Gasteiger partial charge in [0.05, 0.1) is 23.7 Å². The molecule has 160 valence electrons. The Morgan fingerprint density at radius 3 is 2.70 bits per heavy atom. The number of hydrogen-bond acceptors (Lipinski definition) is 9. The summed E-state index contributed by atoms with van der Waals surface area (Å²) in [6.07, 6.45) is 7.98. The van der Waals surface area contributed by atoms with Crippen molar-refractivity contribution in [3.63, 3.8) is 0 Å².